The van der Waals surface area contributed by atoms with Gasteiger partial charge in [0, 0.05) is 14.4 Å². The zero-order valence-corrected chi connectivity index (χ0v) is 7.33. The van der Waals surface area contributed by atoms with Crippen LogP contribution in [0.15, 0.2) is 24.0 Å². The maximum absolute atomic E-state index is 10.8. The fraction of sp³-hybridized carbons (Fsp3) is 0.286. The Labute approximate surface area is 67.6 Å². The van der Waals surface area contributed by atoms with E-state index < -0.39 is 5.97 Å². The maximum atomic E-state index is 10.8. The molecule has 1 N–H and O–H groups in total. The summed E-state index contributed by atoms with van der Waals surface area (Å²) in [6.07, 6.45) is 1.49. The van der Waals surface area contributed by atoms with Gasteiger partial charge in [-0.3, -0.25) is 0 Å². The first kappa shape index (κ1) is 10.3. The topological polar surface area (TPSA) is 46.5 Å². The lowest BCUT2D eigenvalue weighted by atomic mass is 10.4. The van der Waals surface area contributed by atoms with Crippen molar-refractivity contribution in [2.75, 3.05) is 6.61 Å². The molecule has 0 saturated heterocycles. The predicted octanol–water partition coefficient (Wildman–Crippen LogP) is 1.21. The quantitative estimate of drug-likeness (QED) is 0.301. The fourth-order valence-corrected chi connectivity index (χ4v) is 0.716. The van der Waals surface area contributed by atoms with E-state index in [2.05, 4.69) is 11.3 Å². The Morgan fingerprint density at radius 3 is 2.91 bits per heavy atom. The first-order valence-electron chi connectivity index (χ1n) is 3.06. The number of hydrogen-bond acceptors (Lipinski definition) is 3. The highest BCUT2D eigenvalue weighted by Gasteiger charge is 2.02. The van der Waals surface area contributed by atoms with Crippen molar-refractivity contribution in [1.82, 2.24) is 0 Å². The summed E-state index contributed by atoms with van der Waals surface area (Å²) in [5, 5.41) is 0. The molecule has 0 fully saturated rings. The molecule has 0 aliphatic heterocycles. The first-order chi connectivity index (χ1) is 5.22. The lowest BCUT2D eigenvalue weighted by molar-refractivity contribution is -0.137. The lowest BCUT2D eigenvalue weighted by Crippen LogP contribution is -2.04. The Kier molecular flexibility index (Phi) is 5.71. The number of esters is 1. The van der Waals surface area contributed by atoms with Gasteiger partial charge in [-0.15, -0.1) is 0 Å². The molecule has 0 rings (SSSR count). The number of rotatable bonds is 4. The molecular weight excluding hydrogens is 163 g/mol. The Bertz CT molecular complexity index is 175. The van der Waals surface area contributed by atoms with E-state index in [0.717, 1.165) is 0 Å². The van der Waals surface area contributed by atoms with E-state index in [9.17, 15) is 4.79 Å². The molecule has 0 aliphatic rings. The highest BCUT2D eigenvalue weighted by atomic mass is 31.1. The van der Waals surface area contributed by atoms with Crippen molar-refractivity contribution in [2.45, 2.75) is 6.92 Å². The van der Waals surface area contributed by atoms with Crippen molar-refractivity contribution in [3.05, 3.63) is 24.0 Å². The molecule has 0 aromatic heterocycles. The molecule has 0 saturated carbocycles. The standard InChI is InChI=1S/C7H11O3P/c1-3-4-10-7(8)6(2)5-11-9/h3,5,9,11H,1,4H2,2H3. The van der Waals surface area contributed by atoms with Crippen molar-refractivity contribution < 1.29 is 14.4 Å². The predicted molar refractivity (Wildman–Crippen MR) is 45.4 cm³/mol. The number of carbonyl (C=O) groups excluding carboxylic acids is 1. The van der Waals surface area contributed by atoms with Crippen LogP contribution in [-0.2, 0) is 9.53 Å². The van der Waals surface area contributed by atoms with Crippen LogP contribution in [0.5, 0.6) is 0 Å². The molecule has 0 spiro atoms. The normalized spacial score (nSPS) is 12.0. The van der Waals surface area contributed by atoms with Crippen LogP contribution < -0.4 is 0 Å². The van der Waals surface area contributed by atoms with Gasteiger partial charge in [-0.2, -0.15) is 0 Å². The van der Waals surface area contributed by atoms with Crippen molar-refractivity contribution in [3.63, 3.8) is 0 Å². The third-order valence-electron chi connectivity index (χ3n) is 0.935. The van der Waals surface area contributed by atoms with E-state index in [-0.39, 0.29) is 15.4 Å². The van der Waals surface area contributed by atoms with E-state index in [1.54, 1.807) is 6.92 Å². The third-order valence-corrected chi connectivity index (χ3v) is 1.50. The summed E-state index contributed by atoms with van der Waals surface area (Å²) in [5.41, 5.74) is 0.424. The van der Waals surface area contributed by atoms with Crippen molar-refractivity contribution >= 4 is 14.8 Å². The molecule has 0 bridgehead atoms. The maximum Gasteiger partial charge on any atom is 0.334 e. The second-order valence-corrected chi connectivity index (χ2v) is 2.39. The van der Waals surface area contributed by atoms with Crippen LogP contribution in [0, 0.1) is 0 Å². The van der Waals surface area contributed by atoms with Crippen molar-refractivity contribution in [1.29, 1.82) is 0 Å². The highest BCUT2D eigenvalue weighted by Crippen LogP contribution is 2.09. The third kappa shape index (κ3) is 4.71. The van der Waals surface area contributed by atoms with Crippen LogP contribution in [0.25, 0.3) is 0 Å². The molecule has 1 atom stereocenters. The van der Waals surface area contributed by atoms with Crippen LogP contribution in [0.2, 0.25) is 0 Å². The highest BCUT2D eigenvalue weighted by molar-refractivity contribution is 7.35. The van der Waals surface area contributed by atoms with E-state index in [0.29, 0.717) is 5.57 Å². The summed E-state index contributed by atoms with van der Waals surface area (Å²) in [4.78, 5) is 19.3. The molecule has 0 aromatic rings. The molecular formula is C7H11O3P. The number of ether oxygens (including phenoxy) is 1. The van der Waals surface area contributed by atoms with Gasteiger partial charge in [0.15, 0.2) is 0 Å². The number of carbonyl (C=O) groups is 1. The Balaban J connectivity index is 3.82. The van der Waals surface area contributed by atoms with Gasteiger partial charge in [0.1, 0.15) is 6.61 Å². The minimum absolute atomic E-state index is 0.207. The number of hydrogen-bond donors (Lipinski definition) is 1. The van der Waals surface area contributed by atoms with Crippen LogP contribution in [0.3, 0.4) is 0 Å². The van der Waals surface area contributed by atoms with E-state index >= 15 is 0 Å². The van der Waals surface area contributed by atoms with Crippen LogP contribution in [0.1, 0.15) is 6.92 Å². The summed E-state index contributed by atoms with van der Waals surface area (Å²) in [6.45, 7) is 5.19. The average molecular weight is 174 g/mol. The van der Waals surface area contributed by atoms with Crippen LogP contribution in [0.4, 0.5) is 0 Å². The first-order valence-corrected chi connectivity index (χ1v) is 4.09. The van der Waals surface area contributed by atoms with Gasteiger partial charge in [0.05, 0.1) is 0 Å². The monoisotopic (exact) mass is 174 g/mol. The zero-order chi connectivity index (χ0) is 8.69. The van der Waals surface area contributed by atoms with E-state index in [4.69, 9.17) is 4.89 Å². The van der Waals surface area contributed by atoms with E-state index in [1.165, 1.54) is 11.9 Å². The van der Waals surface area contributed by atoms with Gasteiger partial charge in [-0.05, 0) is 12.7 Å². The molecule has 0 amide bonds. The molecule has 0 heterocycles. The summed E-state index contributed by atoms with van der Waals surface area (Å²) in [5.74, 6) is 1.01. The van der Waals surface area contributed by atoms with Crippen LogP contribution in [-0.4, -0.2) is 17.5 Å². The molecule has 0 aromatic carbocycles. The van der Waals surface area contributed by atoms with Gasteiger partial charge in [-0.1, -0.05) is 12.7 Å². The molecule has 11 heavy (non-hydrogen) atoms. The second kappa shape index (κ2) is 6.08. The fourth-order valence-electron chi connectivity index (χ4n) is 0.404. The van der Waals surface area contributed by atoms with Gasteiger partial charge < -0.3 is 9.63 Å². The van der Waals surface area contributed by atoms with Crippen LogP contribution >= 0.6 is 8.81 Å². The van der Waals surface area contributed by atoms with E-state index in [1.807, 2.05) is 0 Å². The molecule has 1 unspecified atom stereocenters. The Morgan fingerprint density at radius 2 is 2.45 bits per heavy atom. The lowest BCUT2D eigenvalue weighted by Gasteiger charge is -1.99. The average Bonchev–Trinajstić information content (AvgIpc) is 2.00. The van der Waals surface area contributed by atoms with Gasteiger partial charge >= 0.3 is 5.97 Å². The smallest absolute Gasteiger partial charge is 0.334 e. The minimum atomic E-state index is -0.411. The van der Waals surface area contributed by atoms with Crippen molar-refractivity contribution in [3.8, 4) is 0 Å². The largest absolute Gasteiger partial charge is 0.458 e. The Hall–Kier alpha value is -0.660. The molecule has 0 radical (unpaired) electrons. The molecule has 3 nitrogen and oxygen atoms in total. The summed E-state index contributed by atoms with van der Waals surface area (Å²) in [7, 11) is -0.353. The summed E-state index contributed by atoms with van der Waals surface area (Å²) >= 11 is 0. The summed E-state index contributed by atoms with van der Waals surface area (Å²) in [6, 6.07) is 0. The second-order valence-electron chi connectivity index (χ2n) is 1.84. The van der Waals surface area contributed by atoms with Gasteiger partial charge in [0.25, 0.3) is 0 Å². The minimum Gasteiger partial charge on any atom is -0.458 e. The zero-order valence-electron chi connectivity index (χ0n) is 6.33. The molecule has 0 aliphatic carbocycles. The Morgan fingerprint density at radius 1 is 1.82 bits per heavy atom. The molecule has 4 heteroatoms. The summed E-state index contributed by atoms with van der Waals surface area (Å²) < 4.78 is 4.67. The van der Waals surface area contributed by atoms with Gasteiger partial charge in [0.2, 0.25) is 0 Å². The molecule has 62 valence electrons. The van der Waals surface area contributed by atoms with Gasteiger partial charge in [-0.25, -0.2) is 4.79 Å². The SMILES string of the molecule is C=CCOC(=O)C(C)=CPO. The van der Waals surface area contributed by atoms with Crippen molar-refractivity contribution in [2.24, 2.45) is 0 Å².